The van der Waals surface area contributed by atoms with E-state index in [1.54, 1.807) is 17.1 Å². The number of likely N-dealkylation sites (tertiary alicyclic amines) is 1. The van der Waals surface area contributed by atoms with E-state index in [0.717, 1.165) is 36.7 Å². The van der Waals surface area contributed by atoms with Crippen molar-refractivity contribution < 1.29 is 9.53 Å². The summed E-state index contributed by atoms with van der Waals surface area (Å²) in [5, 5.41) is 0. The normalized spacial score (nSPS) is 21.5. The molecule has 4 rings (SSSR count). The Hall–Kier alpha value is -1.86. The van der Waals surface area contributed by atoms with E-state index in [1.165, 1.54) is 0 Å². The number of amides is 1. The minimum atomic E-state index is 0.0279. The molecule has 1 atom stereocenters. The second-order valence-electron chi connectivity index (χ2n) is 6.99. The highest BCUT2D eigenvalue weighted by molar-refractivity contribution is 8.01. The van der Waals surface area contributed by atoms with Crippen LogP contribution in [-0.2, 0) is 18.4 Å². The summed E-state index contributed by atoms with van der Waals surface area (Å²) >= 11 is 1.93. The molecule has 0 N–H and O–H groups in total. The number of aryl methyl sites for hydroxylation is 2. The van der Waals surface area contributed by atoms with Crippen molar-refractivity contribution in [3.8, 4) is 0 Å². The molecule has 2 aromatic heterocycles. The number of pyridine rings is 1. The molecule has 1 amide bonds. The molecule has 0 aromatic carbocycles. The number of imidazole rings is 1. The Morgan fingerprint density at radius 1 is 1.44 bits per heavy atom. The van der Waals surface area contributed by atoms with Gasteiger partial charge in [0.2, 0.25) is 0 Å². The van der Waals surface area contributed by atoms with Crippen molar-refractivity contribution in [3.05, 3.63) is 47.8 Å². The third-order valence-electron chi connectivity index (χ3n) is 4.76. The van der Waals surface area contributed by atoms with Gasteiger partial charge in [0.25, 0.3) is 5.91 Å². The molecular weight excluding hydrogens is 336 g/mol. The van der Waals surface area contributed by atoms with E-state index < -0.39 is 0 Å². The molecule has 0 saturated carbocycles. The zero-order chi connectivity index (χ0) is 17.4. The van der Waals surface area contributed by atoms with Crippen LogP contribution in [0.5, 0.6) is 0 Å². The van der Waals surface area contributed by atoms with Crippen molar-refractivity contribution in [2.75, 3.05) is 18.8 Å². The topological polar surface area (TPSA) is 60.2 Å². The first kappa shape index (κ1) is 16.6. The molecule has 0 unspecified atom stereocenters. The zero-order valence-electron chi connectivity index (χ0n) is 14.5. The van der Waals surface area contributed by atoms with Crippen molar-refractivity contribution in [1.82, 2.24) is 19.4 Å². The molecule has 0 bridgehead atoms. The van der Waals surface area contributed by atoms with Crippen LogP contribution in [0.25, 0.3) is 0 Å². The molecule has 0 aliphatic carbocycles. The first-order valence-corrected chi connectivity index (χ1v) is 9.47. The molecule has 2 saturated heterocycles. The molecule has 2 fully saturated rings. The predicted octanol–water partition coefficient (Wildman–Crippen LogP) is 2.04. The Labute approximate surface area is 151 Å². The fraction of sp³-hybridized carbons (Fsp3) is 0.500. The molecule has 6 nitrogen and oxygen atoms in total. The summed E-state index contributed by atoms with van der Waals surface area (Å²) in [6, 6.07) is 6.01. The summed E-state index contributed by atoms with van der Waals surface area (Å²) < 4.78 is 8.02. The molecule has 7 heteroatoms. The standard InChI is InChI=1S/C18H22N4O2S/c1-13-4-3-5-14(20-13)8-24-15-6-18(25-9-15)10-22(11-18)17(23)16-7-21(2)12-19-16/h3-5,7,12,15H,6,8-11H2,1-2H3/t15-/m1/s1. The molecular formula is C18H22N4O2S. The predicted molar refractivity (Wildman–Crippen MR) is 96.5 cm³/mol. The molecule has 4 heterocycles. The number of carbonyl (C=O) groups excluding carboxylic acids is 1. The Morgan fingerprint density at radius 3 is 3.00 bits per heavy atom. The van der Waals surface area contributed by atoms with Crippen LogP contribution in [0, 0.1) is 6.92 Å². The summed E-state index contributed by atoms with van der Waals surface area (Å²) in [4.78, 5) is 22.9. The van der Waals surface area contributed by atoms with Crippen LogP contribution in [0.1, 0.15) is 28.3 Å². The first-order chi connectivity index (χ1) is 12.0. The largest absolute Gasteiger partial charge is 0.371 e. The number of rotatable bonds is 4. The van der Waals surface area contributed by atoms with Gasteiger partial charge in [-0.25, -0.2) is 4.98 Å². The minimum absolute atomic E-state index is 0.0279. The van der Waals surface area contributed by atoms with E-state index in [2.05, 4.69) is 9.97 Å². The van der Waals surface area contributed by atoms with Crippen LogP contribution in [0.15, 0.2) is 30.7 Å². The number of hydrogen-bond donors (Lipinski definition) is 0. The summed E-state index contributed by atoms with van der Waals surface area (Å²) in [6.45, 7) is 4.12. The number of aromatic nitrogens is 3. The first-order valence-electron chi connectivity index (χ1n) is 8.48. The van der Waals surface area contributed by atoms with Crippen LogP contribution in [0.2, 0.25) is 0 Å². The average molecular weight is 358 g/mol. The van der Waals surface area contributed by atoms with Crippen LogP contribution in [-0.4, -0.2) is 55.0 Å². The fourth-order valence-corrected chi connectivity index (χ4v) is 5.04. The van der Waals surface area contributed by atoms with Gasteiger partial charge in [-0.3, -0.25) is 9.78 Å². The SMILES string of the molecule is Cc1cccc(CO[C@H]2CSC3(C2)CN(C(=O)c2cn(C)cn2)C3)n1. The Bertz CT molecular complexity index is 785. The highest BCUT2D eigenvalue weighted by Crippen LogP contribution is 2.46. The van der Waals surface area contributed by atoms with E-state index in [4.69, 9.17) is 4.74 Å². The zero-order valence-corrected chi connectivity index (χ0v) is 15.3. The average Bonchev–Trinajstić information content (AvgIpc) is 3.18. The van der Waals surface area contributed by atoms with Gasteiger partial charge >= 0.3 is 0 Å². The Morgan fingerprint density at radius 2 is 2.28 bits per heavy atom. The Kier molecular flexibility index (Phi) is 4.29. The van der Waals surface area contributed by atoms with Crippen LogP contribution in [0.4, 0.5) is 0 Å². The maximum Gasteiger partial charge on any atom is 0.274 e. The van der Waals surface area contributed by atoms with Crippen molar-refractivity contribution in [2.24, 2.45) is 7.05 Å². The fourth-order valence-electron chi connectivity index (χ4n) is 3.49. The van der Waals surface area contributed by atoms with E-state index in [9.17, 15) is 4.79 Å². The summed E-state index contributed by atoms with van der Waals surface area (Å²) in [5.41, 5.74) is 2.52. The lowest BCUT2D eigenvalue weighted by atomic mass is 9.92. The van der Waals surface area contributed by atoms with Gasteiger partial charge in [-0.05, 0) is 25.5 Å². The maximum absolute atomic E-state index is 12.4. The minimum Gasteiger partial charge on any atom is -0.371 e. The molecule has 2 aliphatic rings. The number of ether oxygens (including phenoxy) is 1. The monoisotopic (exact) mass is 358 g/mol. The highest BCUT2D eigenvalue weighted by atomic mass is 32.2. The third kappa shape index (κ3) is 3.43. The van der Waals surface area contributed by atoms with Gasteiger partial charge in [-0.15, -0.1) is 11.8 Å². The van der Waals surface area contributed by atoms with Crippen molar-refractivity contribution >= 4 is 17.7 Å². The molecule has 2 aliphatic heterocycles. The number of nitrogens with zero attached hydrogens (tertiary/aromatic N) is 4. The van der Waals surface area contributed by atoms with Gasteiger partial charge < -0.3 is 14.2 Å². The smallest absolute Gasteiger partial charge is 0.274 e. The van der Waals surface area contributed by atoms with Crippen LogP contribution < -0.4 is 0 Å². The van der Waals surface area contributed by atoms with Gasteiger partial charge in [0.1, 0.15) is 5.69 Å². The van der Waals surface area contributed by atoms with Crippen molar-refractivity contribution in [3.63, 3.8) is 0 Å². The third-order valence-corrected chi connectivity index (χ3v) is 6.33. The van der Waals surface area contributed by atoms with Crippen molar-refractivity contribution in [1.29, 1.82) is 0 Å². The van der Waals surface area contributed by atoms with Crippen molar-refractivity contribution in [2.45, 2.75) is 30.8 Å². The number of carbonyl (C=O) groups is 1. The molecule has 2 aromatic rings. The highest BCUT2D eigenvalue weighted by Gasteiger charge is 2.51. The summed E-state index contributed by atoms with van der Waals surface area (Å²) in [7, 11) is 1.87. The Balaban J connectivity index is 1.28. The lowest BCUT2D eigenvalue weighted by Gasteiger charge is -2.47. The molecule has 1 spiro atoms. The van der Waals surface area contributed by atoms with Crippen LogP contribution in [0.3, 0.4) is 0 Å². The van der Waals surface area contributed by atoms with E-state index in [1.807, 2.05) is 48.8 Å². The lowest BCUT2D eigenvalue weighted by Crippen LogP contribution is -2.60. The van der Waals surface area contributed by atoms with E-state index >= 15 is 0 Å². The van der Waals surface area contributed by atoms with Crippen LogP contribution >= 0.6 is 11.8 Å². The maximum atomic E-state index is 12.4. The molecule has 25 heavy (non-hydrogen) atoms. The number of thioether (sulfide) groups is 1. The number of hydrogen-bond acceptors (Lipinski definition) is 5. The molecule has 0 radical (unpaired) electrons. The van der Waals surface area contributed by atoms with Gasteiger partial charge in [0.15, 0.2) is 0 Å². The lowest BCUT2D eigenvalue weighted by molar-refractivity contribution is 0.0243. The second kappa shape index (κ2) is 6.46. The van der Waals surface area contributed by atoms with Gasteiger partial charge in [0.05, 0.1) is 29.5 Å². The van der Waals surface area contributed by atoms with Gasteiger partial charge in [-0.2, -0.15) is 0 Å². The summed E-state index contributed by atoms with van der Waals surface area (Å²) in [5.74, 6) is 1.01. The molecule has 132 valence electrons. The summed E-state index contributed by atoms with van der Waals surface area (Å²) in [6.07, 6.45) is 4.67. The quantitative estimate of drug-likeness (QED) is 0.837. The van der Waals surface area contributed by atoms with E-state index in [0.29, 0.717) is 12.3 Å². The van der Waals surface area contributed by atoms with Gasteiger partial charge in [0, 0.05) is 37.8 Å². The second-order valence-corrected chi connectivity index (χ2v) is 8.48. The van der Waals surface area contributed by atoms with E-state index in [-0.39, 0.29) is 16.8 Å². The van der Waals surface area contributed by atoms with Gasteiger partial charge in [-0.1, -0.05) is 6.07 Å².